The summed E-state index contributed by atoms with van der Waals surface area (Å²) in [7, 11) is 0. The highest BCUT2D eigenvalue weighted by atomic mass is 32.2. The lowest BCUT2D eigenvalue weighted by Gasteiger charge is -2.12. The van der Waals surface area contributed by atoms with Gasteiger partial charge in [-0.3, -0.25) is 4.79 Å². The van der Waals surface area contributed by atoms with E-state index in [0.717, 1.165) is 26.5 Å². The Labute approximate surface area is 171 Å². The standard InChI is InChI=1S/C21H18N4OS2/c1-14(19(26)23-18-13-7-9-15-8-5-6-12-17(15)18)27-21-25-24-20(28-21)22-16-10-3-2-4-11-16/h2-14H,1H3,(H,22,24)(H,23,26). The van der Waals surface area contributed by atoms with Crippen molar-refractivity contribution in [2.45, 2.75) is 16.5 Å². The van der Waals surface area contributed by atoms with Gasteiger partial charge in [0.05, 0.1) is 5.25 Å². The molecule has 4 rings (SSSR count). The minimum absolute atomic E-state index is 0.0610. The summed E-state index contributed by atoms with van der Waals surface area (Å²) in [6.07, 6.45) is 0. The normalized spacial score (nSPS) is 11.9. The lowest BCUT2D eigenvalue weighted by atomic mass is 10.1. The Kier molecular flexibility index (Phi) is 5.55. The maximum absolute atomic E-state index is 12.7. The number of rotatable bonds is 6. The van der Waals surface area contributed by atoms with Crippen LogP contribution in [0.5, 0.6) is 0 Å². The lowest BCUT2D eigenvalue weighted by Crippen LogP contribution is -2.22. The van der Waals surface area contributed by atoms with Crippen LogP contribution in [-0.2, 0) is 4.79 Å². The maximum Gasteiger partial charge on any atom is 0.237 e. The molecule has 140 valence electrons. The molecule has 0 spiro atoms. The van der Waals surface area contributed by atoms with Crippen LogP contribution in [0.1, 0.15) is 6.92 Å². The number of nitrogens with one attached hydrogen (secondary N) is 2. The molecule has 0 saturated carbocycles. The van der Waals surface area contributed by atoms with Crippen LogP contribution < -0.4 is 10.6 Å². The third kappa shape index (κ3) is 4.32. The smallest absolute Gasteiger partial charge is 0.237 e. The number of carbonyl (C=O) groups excluding carboxylic acids is 1. The number of anilines is 3. The minimum Gasteiger partial charge on any atom is -0.330 e. The van der Waals surface area contributed by atoms with Crippen LogP contribution in [-0.4, -0.2) is 21.4 Å². The van der Waals surface area contributed by atoms with E-state index in [1.807, 2.05) is 79.7 Å². The van der Waals surface area contributed by atoms with Gasteiger partial charge >= 0.3 is 0 Å². The fraction of sp³-hybridized carbons (Fsp3) is 0.0952. The SMILES string of the molecule is CC(Sc1nnc(Nc2ccccc2)s1)C(=O)Nc1cccc2ccccc12. The van der Waals surface area contributed by atoms with Crippen molar-refractivity contribution >= 4 is 56.3 Å². The molecular weight excluding hydrogens is 388 g/mol. The molecule has 0 aliphatic heterocycles. The van der Waals surface area contributed by atoms with E-state index in [-0.39, 0.29) is 11.2 Å². The number of nitrogens with zero attached hydrogens (tertiary/aromatic N) is 2. The monoisotopic (exact) mass is 406 g/mol. The fourth-order valence-electron chi connectivity index (χ4n) is 2.73. The number of benzene rings is 3. The van der Waals surface area contributed by atoms with Gasteiger partial charge < -0.3 is 10.6 Å². The largest absolute Gasteiger partial charge is 0.330 e. The molecule has 3 aromatic carbocycles. The van der Waals surface area contributed by atoms with Gasteiger partial charge in [0, 0.05) is 16.8 Å². The average Bonchev–Trinajstić information content (AvgIpc) is 3.15. The molecular formula is C21H18N4OS2. The van der Waals surface area contributed by atoms with Crippen molar-refractivity contribution in [3.63, 3.8) is 0 Å². The third-order valence-corrected chi connectivity index (χ3v) is 6.15. The fourth-order valence-corrected chi connectivity index (χ4v) is 4.64. The Hall–Kier alpha value is -2.90. The van der Waals surface area contributed by atoms with Crippen LogP contribution in [0.15, 0.2) is 77.1 Å². The highest BCUT2D eigenvalue weighted by molar-refractivity contribution is 8.02. The molecule has 5 nitrogen and oxygen atoms in total. The van der Waals surface area contributed by atoms with Crippen molar-refractivity contribution in [2.75, 3.05) is 10.6 Å². The van der Waals surface area contributed by atoms with Crippen molar-refractivity contribution in [1.82, 2.24) is 10.2 Å². The van der Waals surface area contributed by atoms with Gasteiger partial charge in [-0.25, -0.2) is 0 Å². The lowest BCUT2D eigenvalue weighted by molar-refractivity contribution is -0.115. The topological polar surface area (TPSA) is 66.9 Å². The Balaban J connectivity index is 1.41. The summed E-state index contributed by atoms with van der Waals surface area (Å²) in [4.78, 5) is 12.7. The van der Waals surface area contributed by atoms with Crippen molar-refractivity contribution < 1.29 is 4.79 Å². The van der Waals surface area contributed by atoms with E-state index >= 15 is 0 Å². The van der Waals surface area contributed by atoms with Crippen LogP contribution in [0, 0.1) is 0 Å². The molecule has 0 saturated heterocycles. The molecule has 7 heteroatoms. The van der Waals surface area contributed by atoms with Gasteiger partial charge in [-0.1, -0.05) is 77.7 Å². The molecule has 1 heterocycles. The van der Waals surface area contributed by atoms with Crippen LogP contribution >= 0.6 is 23.1 Å². The van der Waals surface area contributed by atoms with E-state index in [4.69, 9.17) is 0 Å². The summed E-state index contributed by atoms with van der Waals surface area (Å²) >= 11 is 2.83. The van der Waals surface area contributed by atoms with Crippen LogP contribution in [0.3, 0.4) is 0 Å². The van der Waals surface area contributed by atoms with E-state index < -0.39 is 0 Å². The molecule has 0 aliphatic rings. The van der Waals surface area contributed by atoms with E-state index in [1.165, 1.54) is 23.1 Å². The summed E-state index contributed by atoms with van der Waals surface area (Å²) in [5.74, 6) is -0.0610. The Morgan fingerprint density at radius 3 is 2.57 bits per heavy atom. The summed E-state index contributed by atoms with van der Waals surface area (Å²) in [6, 6.07) is 23.7. The number of fused-ring (bicyclic) bond motifs is 1. The number of amides is 1. The molecule has 1 aromatic heterocycles. The predicted molar refractivity (Wildman–Crippen MR) is 118 cm³/mol. The third-order valence-electron chi connectivity index (χ3n) is 4.13. The molecule has 0 fully saturated rings. The first-order valence-corrected chi connectivity index (χ1v) is 10.5. The number of hydrogen-bond acceptors (Lipinski definition) is 6. The zero-order valence-electron chi connectivity index (χ0n) is 15.1. The second-order valence-corrected chi connectivity index (χ2v) is 8.71. The molecule has 1 atom stereocenters. The van der Waals surface area contributed by atoms with Gasteiger partial charge in [-0.05, 0) is 30.5 Å². The first-order valence-electron chi connectivity index (χ1n) is 8.80. The Bertz CT molecular complexity index is 1090. The number of para-hydroxylation sites is 1. The Morgan fingerprint density at radius 2 is 1.71 bits per heavy atom. The molecule has 0 bridgehead atoms. The zero-order chi connectivity index (χ0) is 19.3. The first kappa shape index (κ1) is 18.5. The molecule has 1 unspecified atom stereocenters. The van der Waals surface area contributed by atoms with Crippen LogP contribution in [0.4, 0.5) is 16.5 Å². The van der Waals surface area contributed by atoms with Gasteiger partial charge in [0.2, 0.25) is 11.0 Å². The number of hydrogen-bond donors (Lipinski definition) is 2. The number of thioether (sulfide) groups is 1. The van der Waals surface area contributed by atoms with Crippen molar-refractivity contribution in [1.29, 1.82) is 0 Å². The molecule has 4 aromatic rings. The highest BCUT2D eigenvalue weighted by Crippen LogP contribution is 2.31. The van der Waals surface area contributed by atoms with E-state index in [2.05, 4.69) is 20.8 Å². The van der Waals surface area contributed by atoms with Gasteiger partial charge in [0.15, 0.2) is 4.34 Å². The molecule has 2 N–H and O–H groups in total. The minimum atomic E-state index is -0.295. The Morgan fingerprint density at radius 1 is 0.964 bits per heavy atom. The summed E-state index contributed by atoms with van der Waals surface area (Å²) in [5.41, 5.74) is 1.77. The van der Waals surface area contributed by atoms with Crippen molar-refractivity contribution in [3.05, 3.63) is 72.8 Å². The van der Waals surface area contributed by atoms with E-state index in [0.29, 0.717) is 5.13 Å². The van der Waals surface area contributed by atoms with Gasteiger partial charge in [0.25, 0.3) is 0 Å². The van der Waals surface area contributed by atoms with Crippen molar-refractivity contribution in [3.8, 4) is 0 Å². The molecule has 1 amide bonds. The number of carbonyl (C=O) groups is 1. The quantitative estimate of drug-likeness (QED) is 0.411. The van der Waals surface area contributed by atoms with E-state index in [9.17, 15) is 4.79 Å². The van der Waals surface area contributed by atoms with Gasteiger partial charge in [-0.15, -0.1) is 10.2 Å². The van der Waals surface area contributed by atoms with Crippen LogP contribution in [0.2, 0.25) is 0 Å². The molecule has 0 aliphatic carbocycles. The first-order chi connectivity index (χ1) is 13.7. The molecule has 28 heavy (non-hydrogen) atoms. The maximum atomic E-state index is 12.7. The summed E-state index contributed by atoms with van der Waals surface area (Å²) < 4.78 is 0.749. The zero-order valence-corrected chi connectivity index (χ0v) is 16.8. The predicted octanol–water partition coefficient (Wildman–Crippen LogP) is 5.55. The summed E-state index contributed by atoms with van der Waals surface area (Å²) in [5, 5.41) is 17.1. The van der Waals surface area contributed by atoms with Crippen LogP contribution in [0.25, 0.3) is 10.8 Å². The van der Waals surface area contributed by atoms with E-state index in [1.54, 1.807) is 0 Å². The van der Waals surface area contributed by atoms with Gasteiger partial charge in [-0.2, -0.15) is 0 Å². The highest BCUT2D eigenvalue weighted by Gasteiger charge is 2.18. The summed E-state index contributed by atoms with van der Waals surface area (Å²) in [6.45, 7) is 1.87. The average molecular weight is 407 g/mol. The van der Waals surface area contributed by atoms with Crippen molar-refractivity contribution in [2.24, 2.45) is 0 Å². The molecule has 0 radical (unpaired) electrons. The second kappa shape index (κ2) is 8.41. The second-order valence-electron chi connectivity index (χ2n) is 6.14. The number of aromatic nitrogens is 2. The van der Waals surface area contributed by atoms with Gasteiger partial charge in [0.1, 0.15) is 0 Å².